The summed E-state index contributed by atoms with van der Waals surface area (Å²) in [5.74, 6) is -1.96. The average molecular weight is 285 g/mol. The fourth-order valence-corrected chi connectivity index (χ4v) is 1.62. The topological polar surface area (TPSA) is 67.8 Å². The van der Waals surface area contributed by atoms with E-state index in [4.69, 9.17) is 14.6 Å². The van der Waals surface area contributed by atoms with Crippen LogP contribution in [-0.2, 0) is 16.0 Å². The van der Waals surface area contributed by atoms with E-state index < -0.39 is 11.8 Å². The number of carboxylic acid groups (broad SMARTS) is 1. The maximum Gasteiger partial charge on any atom is 0.338 e. The predicted molar refractivity (Wildman–Crippen MR) is 72.4 cm³/mol. The third kappa shape index (κ3) is 6.10. The summed E-state index contributed by atoms with van der Waals surface area (Å²) in [6.45, 7) is 3.05. The molecule has 6 heteroatoms. The summed E-state index contributed by atoms with van der Waals surface area (Å²) in [6, 6.07) is 4.13. The van der Waals surface area contributed by atoms with Crippen LogP contribution in [0.5, 0.6) is 0 Å². The molecule has 0 bridgehead atoms. The van der Waals surface area contributed by atoms with Crippen LogP contribution in [0.3, 0.4) is 0 Å². The van der Waals surface area contributed by atoms with E-state index in [0.29, 0.717) is 31.9 Å². The lowest BCUT2D eigenvalue weighted by atomic mass is 10.1. The Morgan fingerprint density at radius 3 is 2.80 bits per heavy atom. The molecule has 20 heavy (non-hydrogen) atoms. The molecule has 0 aliphatic rings. The number of ether oxygens (including phenoxy) is 2. The molecule has 0 aromatic heterocycles. The summed E-state index contributed by atoms with van der Waals surface area (Å²) < 4.78 is 23.6. The molecule has 1 rings (SSSR count). The Labute approximate surface area is 117 Å². The van der Waals surface area contributed by atoms with Gasteiger partial charge in [-0.05, 0) is 30.7 Å². The van der Waals surface area contributed by atoms with Crippen molar-refractivity contribution in [1.82, 2.24) is 5.32 Å². The number of nitrogens with one attached hydrogen (secondary N) is 1. The molecule has 0 fully saturated rings. The van der Waals surface area contributed by atoms with Gasteiger partial charge in [0, 0.05) is 20.3 Å². The van der Waals surface area contributed by atoms with Crippen molar-refractivity contribution in [2.24, 2.45) is 0 Å². The average Bonchev–Trinajstić information content (AvgIpc) is 2.41. The highest BCUT2D eigenvalue weighted by atomic mass is 19.1. The molecular weight excluding hydrogens is 265 g/mol. The van der Waals surface area contributed by atoms with Crippen molar-refractivity contribution in [3.63, 3.8) is 0 Å². The van der Waals surface area contributed by atoms with Gasteiger partial charge in [-0.15, -0.1) is 0 Å². The number of carbonyl (C=O) groups is 1. The van der Waals surface area contributed by atoms with E-state index in [0.717, 1.165) is 13.0 Å². The molecule has 0 amide bonds. The van der Waals surface area contributed by atoms with Gasteiger partial charge >= 0.3 is 5.97 Å². The highest BCUT2D eigenvalue weighted by Crippen LogP contribution is 2.10. The third-order valence-corrected chi connectivity index (χ3v) is 2.67. The first-order valence-electron chi connectivity index (χ1n) is 6.44. The Morgan fingerprint density at radius 2 is 2.15 bits per heavy atom. The van der Waals surface area contributed by atoms with Gasteiger partial charge in [0.25, 0.3) is 0 Å². The zero-order valence-electron chi connectivity index (χ0n) is 11.5. The largest absolute Gasteiger partial charge is 0.478 e. The number of rotatable bonds is 10. The molecule has 0 aliphatic heterocycles. The first-order valence-corrected chi connectivity index (χ1v) is 6.44. The summed E-state index contributed by atoms with van der Waals surface area (Å²) in [5, 5.41) is 11.9. The summed E-state index contributed by atoms with van der Waals surface area (Å²) >= 11 is 0. The number of carboxylic acids is 1. The second kappa shape index (κ2) is 9.41. The normalized spacial score (nSPS) is 10.7. The van der Waals surface area contributed by atoms with E-state index >= 15 is 0 Å². The van der Waals surface area contributed by atoms with E-state index in [1.165, 1.54) is 12.1 Å². The van der Waals surface area contributed by atoms with Gasteiger partial charge in [-0.2, -0.15) is 0 Å². The molecule has 1 aromatic carbocycles. The van der Waals surface area contributed by atoms with Gasteiger partial charge in [0.1, 0.15) is 5.82 Å². The van der Waals surface area contributed by atoms with Crippen molar-refractivity contribution in [1.29, 1.82) is 0 Å². The van der Waals surface area contributed by atoms with Gasteiger partial charge in [-0.25, -0.2) is 9.18 Å². The van der Waals surface area contributed by atoms with Gasteiger partial charge < -0.3 is 19.9 Å². The smallest absolute Gasteiger partial charge is 0.338 e. The van der Waals surface area contributed by atoms with Gasteiger partial charge in [0.2, 0.25) is 0 Å². The van der Waals surface area contributed by atoms with Gasteiger partial charge in [-0.3, -0.25) is 0 Å². The van der Waals surface area contributed by atoms with Crippen LogP contribution < -0.4 is 5.32 Å². The lowest BCUT2D eigenvalue weighted by Gasteiger charge is -2.07. The molecule has 0 saturated heterocycles. The van der Waals surface area contributed by atoms with Crippen molar-refractivity contribution < 1.29 is 23.8 Å². The molecule has 0 unspecified atom stereocenters. The second-order valence-electron chi connectivity index (χ2n) is 4.25. The van der Waals surface area contributed by atoms with Gasteiger partial charge in [0.05, 0.1) is 18.8 Å². The van der Waals surface area contributed by atoms with E-state index in [9.17, 15) is 9.18 Å². The fraction of sp³-hybridized carbons (Fsp3) is 0.500. The molecule has 2 N–H and O–H groups in total. The van der Waals surface area contributed by atoms with Crippen LogP contribution in [0.4, 0.5) is 4.39 Å². The number of methoxy groups -OCH3 is 1. The molecule has 5 nitrogen and oxygen atoms in total. The standard InChI is InChI=1S/C14H20FNO4/c1-19-7-8-20-6-2-5-16-10-11-3-4-12(14(17)18)13(15)9-11/h3-4,9,16H,2,5-8,10H2,1H3,(H,17,18). The Hall–Kier alpha value is -1.50. The molecule has 0 atom stereocenters. The number of aromatic carboxylic acids is 1. The first-order chi connectivity index (χ1) is 9.65. The molecule has 0 aliphatic carbocycles. The van der Waals surface area contributed by atoms with Crippen molar-refractivity contribution in [2.45, 2.75) is 13.0 Å². The van der Waals surface area contributed by atoms with Crippen molar-refractivity contribution in [3.05, 3.63) is 35.1 Å². The van der Waals surface area contributed by atoms with E-state index in [1.54, 1.807) is 13.2 Å². The minimum Gasteiger partial charge on any atom is -0.478 e. The SMILES string of the molecule is COCCOCCCNCc1ccc(C(=O)O)c(F)c1. The molecular formula is C14H20FNO4. The van der Waals surface area contributed by atoms with Crippen LogP contribution in [-0.4, -0.2) is 44.6 Å². The number of hydrogen-bond donors (Lipinski definition) is 2. The molecule has 0 heterocycles. The molecule has 0 radical (unpaired) electrons. The number of halogens is 1. The zero-order valence-corrected chi connectivity index (χ0v) is 11.5. The lowest BCUT2D eigenvalue weighted by molar-refractivity contribution is 0.0691. The summed E-state index contributed by atoms with van der Waals surface area (Å²) in [4.78, 5) is 10.7. The fourth-order valence-electron chi connectivity index (χ4n) is 1.62. The van der Waals surface area contributed by atoms with E-state index in [1.807, 2.05) is 0 Å². The molecule has 112 valence electrons. The zero-order chi connectivity index (χ0) is 14.8. The van der Waals surface area contributed by atoms with Crippen LogP contribution >= 0.6 is 0 Å². The number of hydrogen-bond acceptors (Lipinski definition) is 4. The monoisotopic (exact) mass is 285 g/mol. The molecule has 1 aromatic rings. The van der Waals surface area contributed by atoms with Crippen LogP contribution in [0.15, 0.2) is 18.2 Å². The quantitative estimate of drug-likeness (QED) is 0.640. The molecule has 0 spiro atoms. The second-order valence-corrected chi connectivity index (χ2v) is 4.25. The van der Waals surface area contributed by atoms with Crippen LogP contribution in [0.25, 0.3) is 0 Å². The first kappa shape index (κ1) is 16.6. The van der Waals surface area contributed by atoms with E-state index in [2.05, 4.69) is 5.32 Å². The Bertz CT molecular complexity index is 426. The van der Waals surface area contributed by atoms with Crippen LogP contribution in [0, 0.1) is 5.82 Å². The van der Waals surface area contributed by atoms with Crippen molar-refractivity contribution >= 4 is 5.97 Å². The number of benzene rings is 1. The molecule has 0 saturated carbocycles. The highest BCUT2D eigenvalue weighted by molar-refractivity contribution is 5.87. The van der Waals surface area contributed by atoms with Crippen LogP contribution in [0.1, 0.15) is 22.3 Å². The third-order valence-electron chi connectivity index (χ3n) is 2.67. The van der Waals surface area contributed by atoms with Gasteiger partial charge in [-0.1, -0.05) is 6.07 Å². The van der Waals surface area contributed by atoms with Crippen molar-refractivity contribution in [2.75, 3.05) is 33.5 Å². The Kier molecular flexibility index (Phi) is 7.79. The minimum absolute atomic E-state index is 0.305. The predicted octanol–water partition coefficient (Wildman–Crippen LogP) is 1.67. The summed E-state index contributed by atoms with van der Waals surface area (Å²) in [7, 11) is 1.62. The lowest BCUT2D eigenvalue weighted by Crippen LogP contribution is -2.17. The van der Waals surface area contributed by atoms with Crippen molar-refractivity contribution in [3.8, 4) is 0 Å². The maximum atomic E-state index is 13.4. The van der Waals surface area contributed by atoms with Crippen LogP contribution in [0.2, 0.25) is 0 Å². The maximum absolute atomic E-state index is 13.4. The minimum atomic E-state index is -1.25. The Morgan fingerprint density at radius 1 is 1.35 bits per heavy atom. The Balaban J connectivity index is 2.19. The summed E-state index contributed by atoms with van der Waals surface area (Å²) in [6.07, 6.45) is 0.847. The van der Waals surface area contributed by atoms with Gasteiger partial charge in [0.15, 0.2) is 0 Å². The summed E-state index contributed by atoms with van der Waals surface area (Å²) in [5.41, 5.74) is 0.410. The van der Waals surface area contributed by atoms with E-state index in [-0.39, 0.29) is 5.56 Å². The highest BCUT2D eigenvalue weighted by Gasteiger charge is 2.09.